The number of rotatable bonds is 5. The van der Waals surface area contributed by atoms with E-state index in [9.17, 15) is 13.2 Å². The lowest BCUT2D eigenvalue weighted by atomic mass is 9.97. The summed E-state index contributed by atoms with van der Waals surface area (Å²) in [5, 5.41) is 19.6. The molecule has 1 aliphatic rings. The van der Waals surface area contributed by atoms with E-state index in [2.05, 4.69) is 25.8 Å². The molecule has 4 N–H and O–H groups in total. The number of aryl methyl sites for hydroxylation is 1. The summed E-state index contributed by atoms with van der Waals surface area (Å²) in [7, 11) is -3.81. The molecule has 0 bridgehead atoms. The molecule has 30 heavy (non-hydrogen) atoms. The third-order valence-electron chi connectivity index (χ3n) is 4.77. The number of carbonyl (C=O) groups excluding carboxylic acids is 1. The predicted molar refractivity (Wildman–Crippen MR) is 109 cm³/mol. The van der Waals surface area contributed by atoms with E-state index in [0.29, 0.717) is 29.5 Å². The van der Waals surface area contributed by atoms with Gasteiger partial charge in [0.25, 0.3) is 5.91 Å². The first-order valence-electron chi connectivity index (χ1n) is 9.11. The molecular formula is C18H20N8O3S. The van der Waals surface area contributed by atoms with Crippen LogP contribution in [0.4, 0.5) is 11.6 Å². The number of anilines is 2. The number of fused-ring (bicyclic) bond motifs is 1. The molecule has 3 heterocycles. The molecule has 156 valence electrons. The molecule has 0 spiro atoms. The first-order valence-corrected chi connectivity index (χ1v) is 10.7. The van der Waals surface area contributed by atoms with Crippen molar-refractivity contribution in [2.24, 2.45) is 5.14 Å². The highest BCUT2D eigenvalue weighted by molar-refractivity contribution is 7.89. The monoisotopic (exact) mass is 428 g/mol. The Labute approximate surface area is 172 Å². The number of nitrogens with two attached hydrogens (primary N) is 1. The van der Waals surface area contributed by atoms with Gasteiger partial charge in [-0.15, -0.1) is 0 Å². The van der Waals surface area contributed by atoms with Crippen molar-refractivity contribution in [1.82, 2.24) is 24.5 Å². The van der Waals surface area contributed by atoms with Crippen LogP contribution in [0.3, 0.4) is 0 Å². The van der Waals surface area contributed by atoms with Gasteiger partial charge in [0.1, 0.15) is 12.4 Å². The smallest absolute Gasteiger partial charge is 0.255 e. The second kappa shape index (κ2) is 7.39. The molecule has 0 aliphatic carbocycles. The van der Waals surface area contributed by atoms with E-state index < -0.39 is 16.1 Å². The van der Waals surface area contributed by atoms with Gasteiger partial charge in [-0.05, 0) is 38.1 Å². The Balaban J connectivity index is 1.68. The second-order valence-electron chi connectivity index (χ2n) is 6.75. The number of benzene rings is 1. The average Bonchev–Trinajstić information content (AvgIpc) is 3.35. The van der Waals surface area contributed by atoms with Crippen molar-refractivity contribution in [1.29, 1.82) is 0 Å². The summed E-state index contributed by atoms with van der Waals surface area (Å²) >= 11 is 0. The number of allylic oxidation sites excluding steroid dienone is 1. The molecule has 0 unspecified atom stereocenters. The van der Waals surface area contributed by atoms with Gasteiger partial charge in [0.2, 0.25) is 16.0 Å². The molecule has 2 aromatic heterocycles. The zero-order chi connectivity index (χ0) is 21.5. The Hall–Kier alpha value is -3.51. The summed E-state index contributed by atoms with van der Waals surface area (Å²) in [6.07, 6.45) is 4.98. The summed E-state index contributed by atoms with van der Waals surface area (Å²) < 4.78 is 26.2. The number of nitrogens with one attached hydrogen (secondary N) is 2. The van der Waals surface area contributed by atoms with Crippen LogP contribution in [0.15, 0.2) is 59.2 Å². The number of nitrogens with zero attached hydrogens (tertiary/aromatic N) is 5. The van der Waals surface area contributed by atoms with Gasteiger partial charge < -0.3 is 10.6 Å². The van der Waals surface area contributed by atoms with Gasteiger partial charge in [-0.1, -0.05) is 0 Å². The highest BCUT2D eigenvalue weighted by Gasteiger charge is 2.34. The number of sulfonamides is 1. The molecule has 12 heteroatoms. The van der Waals surface area contributed by atoms with Crippen LogP contribution in [-0.2, 0) is 21.4 Å². The highest BCUT2D eigenvalue weighted by Crippen LogP contribution is 2.35. The van der Waals surface area contributed by atoms with Crippen molar-refractivity contribution in [3.63, 3.8) is 0 Å². The molecule has 1 aromatic carbocycles. The number of aromatic nitrogens is 5. The van der Waals surface area contributed by atoms with E-state index in [-0.39, 0.29) is 10.8 Å². The molecule has 0 saturated carbocycles. The van der Waals surface area contributed by atoms with Gasteiger partial charge >= 0.3 is 0 Å². The molecular weight excluding hydrogens is 408 g/mol. The fraction of sp³-hybridized carbons (Fsp3) is 0.222. The molecule has 0 radical (unpaired) electrons. The van der Waals surface area contributed by atoms with Crippen LogP contribution in [0.1, 0.15) is 25.5 Å². The van der Waals surface area contributed by atoms with Gasteiger partial charge in [0.15, 0.2) is 0 Å². The number of primary sulfonamides is 1. The number of carbonyl (C=O) groups is 1. The number of hydrogen-bond acceptors (Lipinski definition) is 7. The summed E-state index contributed by atoms with van der Waals surface area (Å²) in [4.78, 5) is 17.4. The van der Waals surface area contributed by atoms with Crippen LogP contribution >= 0.6 is 0 Å². The predicted octanol–water partition coefficient (Wildman–Crippen LogP) is 1.07. The SMILES string of the molecule is CCn1cc([C@H]2C(C(=O)Nc3ccc(S(N)(=O)=O)cc3)=C(C)Nc3ncnn32)cn1. The minimum atomic E-state index is -3.81. The van der Waals surface area contributed by atoms with Gasteiger partial charge in [-0.25, -0.2) is 18.2 Å². The molecule has 0 fully saturated rings. The first kappa shape index (κ1) is 19.8. The molecule has 3 aromatic rings. The van der Waals surface area contributed by atoms with Crippen LogP contribution in [0, 0.1) is 0 Å². The minimum Gasteiger partial charge on any atom is -0.328 e. The lowest BCUT2D eigenvalue weighted by Crippen LogP contribution is -2.31. The van der Waals surface area contributed by atoms with E-state index in [1.54, 1.807) is 22.5 Å². The maximum absolute atomic E-state index is 13.2. The van der Waals surface area contributed by atoms with Gasteiger partial charge in [-0.3, -0.25) is 9.48 Å². The minimum absolute atomic E-state index is 0.0349. The third-order valence-corrected chi connectivity index (χ3v) is 5.70. The number of amides is 1. The fourth-order valence-corrected chi connectivity index (χ4v) is 3.83. The van der Waals surface area contributed by atoms with Crippen LogP contribution in [0.2, 0.25) is 0 Å². The van der Waals surface area contributed by atoms with Crippen LogP contribution in [0.25, 0.3) is 0 Å². The average molecular weight is 428 g/mol. The van der Waals surface area contributed by atoms with Gasteiger partial charge in [0.05, 0.1) is 16.7 Å². The molecule has 11 nitrogen and oxygen atoms in total. The molecule has 0 saturated heterocycles. The van der Waals surface area contributed by atoms with Crippen molar-refractivity contribution in [3.8, 4) is 0 Å². The van der Waals surface area contributed by atoms with Crippen molar-refractivity contribution in [3.05, 3.63) is 59.8 Å². The normalized spacial score (nSPS) is 16.2. The zero-order valence-electron chi connectivity index (χ0n) is 16.3. The lowest BCUT2D eigenvalue weighted by Gasteiger charge is -2.27. The van der Waals surface area contributed by atoms with E-state index in [0.717, 1.165) is 5.56 Å². The standard InChI is InChI=1S/C18H20N8O3S/c1-3-25-9-12(8-21-25)16-15(11(2)23-18-20-10-22-26(16)18)17(27)24-13-4-6-14(7-5-13)30(19,28)29/h4-10,16H,3H2,1-2H3,(H,24,27)(H2,19,28,29)(H,20,22,23)/t16-/m0/s1. The number of hydrogen-bond donors (Lipinski definition) is 3. The zero-order valence-corrected chi connectivity index (χ0v) is 17.1. The summed E-state index contributed by atoms with van der Waals surface area (Å²) in [6, 6.07) is 5.12. The lowest BCUT2D eigenvalue weighted by molar-refractivity contribution is -0.113. The molecule has 1 amide bonds. The quantitative estimate of drug-likeness (QED) is 0.550. The summed E-state index contributed by atoms with van der Waals surface area (Å²) in [5.74, 6) is 0.162. The highest BCUT2D eigenvalue weighted by atomic mass is 32.2. The topological polar surface area (TPSA) is 150 Å². The Bertz CT molecular complexity index is 1240. The fourth-order valence-electron chi connectivity index (χ4n) is 3.31. The third kappa shape index (κ3) is 3.57. The summed E-state index contributed by atoms with van der Waals surface area (Å²) in [5.41, 5.74) is 2.29. The van der Waals surface area contributed by atoms with E-state index in [4.69, 9.17) is 5.14 Å². The maximum atomic E-state index is 13.2. The van der Waals surface area contributed by atoms with E-state index in [1.165, 1.54) is 30.6 Å². The second-order valence-corrected chi connectivity index (χ2v) is 8.31. The maximum Gasteiger partial charge on any atom is 0.255 e. The van der Waals surface area contributed by atoms with E-state index in [1.807, 2.05) is 13.1 Å². The molecule has 4 rings (SSSR count). The summed E-state index contributed by atoms with van der Waals surface area (Å²) in [6.45, 7) is 4.45. The van der Waals surface area contributed by atoms with Crippen LogP contribution in [0.5, 0.6) is 0 Å². The molecule has 1 atom stereocenters. The molecule has 1 aliphatic heterocycles. The Morgan fingerprint density at radius 3 is 2.63 bits per heavy atom. The Morgan fingerprint density at radius 2 is 2.00 bits per heavy atom. The van der Waals surface area contributed by atoms with Gasteiger partial charge in [-0.2, -0.15) is 15.2 Å². The Morgan fingerprint density at radius 1 is 1.27 bits per heavy atom. The van der Waals surface area contributed by atoms with Crippen molar-refractivity contribution >= 4 is 27.6 Å². The van der Waals surface area contributed by atoms with Crippen molar-refractivity contribution < 1.29 is 13.2 Å². The van der Waals surface area contributed by atoms with Crippen molar-refractivity contribution in [2.45, 2.75) is 31.3 Å². The van der Waals surface area contributed by atoms with Crippen LogP contribution in [-0.4, -0.2) is 38.9 Å². The van der Waals surface area contributed by atoms with Crippen LogP contribution < -0.4 is 15.8 Å². The first-order chi connectivity index (χ1) is 14.3. The van der Waals surface area contributed by atoms with Crippen molar-refractivity contribution in [2.75, 3.05) is 10.6 Å². The largest absolute Gasteiger partial charge is 0.328 e. The van der Waals surface area contributed by atoms with Gasteiger partial charge in [0, 0.05) is 29.7 Å². The van der Waals surface area contributed by atoms with E-state index >= 15 is 0 Å². The Kier molecular flexibility index (Phi) is 4.87.